The number of hydrogen-bond acceptors (Lipinski definition) is 6. The Bertz CT molecular complexity index is 967. The maximum atomic E-state index is 10.9. The number of benzene rings is 2. The second-order valence-corrected chi connectivity index (χ2v) is 9.52. The quantitative estimate of drug-likeness (QED) is 0.577. The average Bonchev–Trinajstić information content (AvgIpc) is 2.86. The number of fused-ring (bicyclic) bond motifs is 6. The SMILES string of the molecule is Oc1c2cccc1C=N[C@@H]1CCCC[C@H]1N=Cc1cccc(c1O)C=N[C@@H]1CCCC[C@H]1N=C2. The predicted octanol–water partition coefficient (Wildman–Crippen LogP) is 5.11. The summed E-state index contributed by atoms with van der Waals surface area (Å²) in [6, 6.07) is 11.6. The van der Waals surface area contributed by atoms with Crippen LogP contribution >= 0.6 is 0 Å². The Hall–Kier alpha value is -3.28. The molecular formula is C28H32N4O2. The first-order chi connectivity index (χ1) is 16.7. The topological polar surface area (TPSA) is 89.9 Å². The number of aromatic hydroxyl groups is 2. The molecule has 4 bridgehead atoms. The van der Waals surface area contributed by atoms with Gasteiger partial charge in [-0.05, 0) is 49.9 Å². The molecule has 2 aliphatic carbocycles. The summed E-state index contributed by atoms with van der Waals surface area (Å²) in [6.45, 7) is 0. The molecule has 0 aromatic heterocycles. The van der Waals surface area contributed by atoms with E-state index in [1.165, 1.54) is 0 Å². The number of nitrogens with zero attached hydrogens (tertiary/aromatic N) is 4. The van der Waals surface area contributed by atoms with Gasteiger partial charge in [-0.25, -0.2) is 0 Å². The molecule has 6 heteroatoms. The van der Waals surface area contributed by atoms with E-state index in [2.05, 4.69) is 0 Å². The zero-order valence-electron chi connectivity index (χ0n) is 19.4. The van der Waals surface area contributed by atoms with Crippen LogP contribution in [0.15, 0.2) is 56.4 Å². The lowest BCUT2D eigenvalue weighted by Gasteiger charge is -2.26. The van der Waals surface area contributed by atoms with Crippen molar-refractivity contribution in [3.8, 4) is 11.5 Å². The first-order valence-corrected chi connectivity index (χ1v) is 12.5. The predicted molar refractivity (Wildman–Crippen MR) is 139 cm³/mol. The maximum absolute atomic E-state index is 10.9. The number of phenolic OH excluding ortho intramolecular Hbond substituents is 2. The van der Waals surface area contributed by atoms with Crippen molar-refractivity contribution in [2.24, 2.45) is 20.0 Å². The van der Waals surface area contributed by atoms with E-state index in [1.807, 2.05) is 36.4 Å². The highest BCUT2D eigenvalue weighted by molar-refractivity contribution is 5.93. The summed E-state index contributed by atoms with van der Waals surface area (Å²) >= 11 is 0. The molecule has 2 saturated carbocycles. The average molecular weight is 457 g/mol. The Balaban J connectivity index is 1.56. The van der Waals surface area contributed by atoms with E-state index in [1.54, 1.807) is 24.9 Å². The lowest BCUT2D eigenvalue weighted by Crippen LogP contribution is -2.27. The Labute approximate surface area is 200 Å². The fourth-order valence-corrected chi connectivity index (χ4v) is 5.16. The smallest absolute Gasteiger partial charge is 0.133 e. The highest BCUT2D eigenvalue weighted by Gasteiger charge is 2.25. The van der Waals surface area contributed by atoms with Crippen LogP contribution < -0.4 is 0 Å². The standard InChI is InChI=1S/C28H32N4O2/c33-27-19-7-5-9-21(27)17-31-25-13-3-4-14-26(25)32-18-22-10-6-8-20(28(22)34)16-30-24-12-2-1-11-23(24)29-15-19/h5-10,15-18,23-26,33-34H,1-4,11-14H2/t23-,24-,25-,26-/m1/s1. The Kier molecular flexibility index (Phi) is 6.84. The molecule has 2 aromatic carbocycles. The van der Waals surface area contributed by atoms with Crippen molar-refractivity contribution in [2.75, 3.05) is 0 Å². The summed E-state index contributed by atoms with van der Waals surface area (Å²) < 4.78 is 0. The fraction of sp³-hybridized carbons (Fsp3) is 0.429. The van der Waals surface area contributed by atoms with Crippen molar-refractivity contribution in [1.29, 1.82) is 0 Å². The van der Waals surface area contributed by atoms with Crippen LogP contribution in [0.1, 0.15) is 73.6 Å². The van der Waals surface area contributed by atoms with Crippen LogP contribution in [0.25, 0.3) is 0 Å². The van der Waals surface area contributed by atoms with Crippen molar-refractivity contribution < 1.29 is 10.2 Å². The van der Waals surface area contributed by atoms with Crippen LogP contribution in [0.2, 0.25) is 0 Å². The van der Waals surface area contributed by atoms with Crippen molar-refractivity contribution in [3.63, 3.8) is 0 Å². The number of aliphatic imine (C=N–C) groups is 4. The lowest BCUT2D eigenvalue weighted by molar-refractivity contribution is 0.389. The normalized spacial score (nSPS) is 26.8. The molecule has 0 unspecified atom stereocenters. The third kappa shape index (κ3) is 4.96. The number of phenols is 2. The molecule has 0 spiro atoms. The van der Waals surface area contributed by atoms with Gasteiger partial charge in [-0.2, -0.15) is 0 Å². The highest BCUT2D eigenvalue weighted by Crippen LogP contribution is 2.28. The largest absolute Gasteiger partial charge is 0.507 e. The summed E-state index contributed by atoms with van der Waals surface area (Å²) in [6.07, 6.45) is 15.4. The van der Waals surface area contributed by atoms with E-state index >= 15 is 0 Å². The zero-order valence-corrected chi connectivity index (χ0v) is 19.4. The van der Waals surface area contributed by atoms with Crippen LogP contribution in [0.5, 0.6) is 11.5 Å². The molecule has 176 valence electrons. The van der Waals surface area contributed by atoms with Crippen molar-refractivity contribution in [3.05, 3.63) is 58.7 Å². The Morgan fingerprint density at radius 1 is 0.471 bits per heavy atom. The van der Waals surface area contributed by atoms with Crippen LogP contribution in [-0.2, 0) is 0 Å². The summed E-state index contributed by atoms with van der Waals surface area (Å²) in [7, 11) is 0. The van der Waals surface area contributed by atoms with Gasteiger partial charge in [0, 0.05) is 47.1 Å². The van der Waals surface area contributed by atoms with E-state index in [9.17, 15) is 10.2 Å². The van der Waals surface area contributed by atoms with E-state index < -0.39 is 0 Å². The van der Waals surface area contributed by atoms with Gasteiger partial charge in [0.25, 0.3) is 0 Å². The van der Waals surface area contributed by atoms with Gasteiger partial charge in [-0.15, -0.1) is 0 Å². The maximum Gasteiger partial charge on any atom is 0.133 e. The van der Waals surface area contributed by atoms with Crippen LogP contribution in [0.4, 0.5) is 0 Å². The summed E-state index contributed by atoms with van der Waals surface area (Å²) in [4.78, 5) is 19.3. The lowest BCUT2D eigenvalue weighted by atomic mass is 9.91. The molecule has 6 nitrogen and oxygen atoms in total. The summed E-state index contributed by atoms with van der Waals surface area (Å²) in [5, 5.41) is 21.8. The van der Waals surface area contributed by atoms with Crippen molar-refractivity contribution >= 4 is 24.9 Å². The number of para-hydroxylation sites is 2. The molecule has 2 aromatic rings. The third-order valence-electron chi connectivity index (χ3n) is 7.21. The zero-order chi connectivity index (χ0) is 23.3. The molecule has 34 heavy (non-hydrogen) atoms. The highest BCUT2D eigenvalue weighted by atomic mass is 16.3. The third-order valence-corrected chi connectivity index (χ3v) is 7.21. The molecule has 0 saturated heterocycles. The van der Waals surface area contributed by atoms with Gasteiger partial charge < -0.3 is 10.2 Å². The molecule has 0 radical (unpaired) electrons. The molecule has 2 fully saturated rings. The minimum absolute atomic E-state index is 0.0514. The minimum atomic E-state index is 0.0514. The molecule has 1 aliphatic heterocycles. The summed E-state index contributed by atoms with van der Waals surface area (Å²) in [5.74, 6) is 0.422. The van der Waals surface area contributed by atoms with Gasteiger partial charge in [0.2, 0.25) is 0 Å². The summed E-state index contributed by atoms with van der Waals surface area (Å²) in [5.41, 5.74) is 2.78. The molecular weight excluding hydrogens is 424 g/mol. The van der Waals surface area contributed by atoms with Crippen LogP contribution in [0.3, 0.4) is 0 Å². The van der Waals surface area contributed by atoms with E-state index in [0.717, 1.165) is 51.4 Å². The molecule has 5 rings (SSSR count). The Morgan fingerprint density at radius 2 is 0.735 bits per heavy atom. The van der Waals surface area contributed by atoms with Gasteiger partial charge in [0.15, 0.2) is 0 Å². The molecule has 1 heterocycles. The fourth-order valence-electron chi connectivity index (χ4n) is 5.16. The van der Waals surface area contributed by atoms with Crippen molar-refractivity contribution in [2.45, 2.75) is 75.5 Å². The molecule has 2 N–H and O–H groups in total. The first kappa shape index (κ1) is 22.5. The second-order valence-electron chi connectivity index (χ2n) is 9.52. The van der Waals surface area contributed by atoms with Crippen LogP contribution in [0, 0.1) is 0 Å². The Morgan fingerprint density at radius 3 is 1.00 bits per heavy atom. The van der Waals surface area contributed by atoms with E-state index in [4.69, 9.17) is 20.0 Å². The van der Waals surface area contributed by atoms with Crippen LogP contribution in [-0.4, -0.2) is 59.2 Å². The first-order valence-electron chi connectivity index (χ1n) is 12.5. The van der Waals surface area contributed by atoms with E-state index in [-0.39, 0.29) is 35.7 Å². The molecule has 0 amide bonds. The number of hydrogen-bond donors (Lipinski definition) is 2. The number of rotatable bonds is 0. The van der Waals surface area contributed by atoms with Gasteiger partial charge in [0.1, 0.15) is 11.5 Å². The van der Waals surface area contributed by atoms with Gasteiger partial charge >= 0.3 is 0 Å². The molecule has 4 atom stereocenters. The monoisotopic (exact) mass is 456 g/mol. The minimum Gasteiger partial charge on any atom is -0.507 e. The van der Waals surface area contributed by atoms with Crippen molar-refractivity contribution in [1.82, 2.24) is 0 Å². The van der Waals surface area contributed by atoms with Gasteiger partial charge in [-0.3, -0.25) is 20.0 Å². The van der Waals surface area contributed by atoms with Gasteiger partial charge in [0.05, 0.1) is 24.2 Å². The second kappa shape index (κ2) is 10.3. The van der Waals surface area contributed by atoms with Gasteiger partial charge in [-0.1, -0.05) is 37.8 Å². The van der Waals surface area contributed by atoms with E-state index in [0.29, 0.717) is 22.3 Å². The molecule has 3 aliphatic rings.